The highest BCUT2D eigenvalue weighted by Gasteiger charge is 2.31. The van der Waals surface area contributed by atoms with Crippen molar-refractivity contribution in [3.05, 3.63) is 53.9 Å². The molecule has 0 radical (unpaired) electrons. The van der Waals surface area contributed by atoms with Gasteiger partial charge in [-0.15, -0.1) is 0 Å². The van der Waals surface area contributed by atoms with Crippen molar-refractivity contribution in [3.8, 4) is 0 Å². The second-order valence-corrected chi connectivity index (χ2v) is 6.52. The Bertz CT molecular complexity index is 807. The maximum atomic E-state index is 14.0. The topological polar surface area (TPSA) is 79.3 Å². The van der Waals surface area contributed by atoms with Gasteiger partial charge in [-0.3, -0.25) is 14.5 Å². The number of imidazole rings is 1. The SMILES string of the molecule is CCn1cncc1CNC(=O)C[C@@H]1C(=O)NCCN1Cc1ccccc1F. The summed E-state index contributed by atoms with van der Waals surface area (Å²) >= 11 is 0. The Kier molecular flexibility index (Phi) is 6.18. The summed E-state index contributed by atoms with van der Waals surface area (Å²) in [6.07, 6.45) is 3.45. The van der Waals surface area contributed by atoms with E-state index < -0.39 is 6.04 Å². The molecule has 1 aliphatic rings. The van der Waals surface area contributed by atoms with Crippen molar-refractivity contribution < 1.29 is 14.0 Å². The minimum atomic E-state index is -0.616. The molecule has 8 heteroatoms. The first-order valence-electron chi connectivity index (χ1n) is 9.09. The first-order valence-corrected chi connectivity index (χ1v) is 9.09. The molecule has 0 aliphatic carbocycles. The van der Waals surface area contributed by atoms with Crippen LogP contribution in [0.1, 0.15) is 24.6 Å². The molecule has 1 fully saturated rings. The molecule has 1 aromatic carbocycles. The van der Waals surface area contributed by atoms with E-state index in [9.17, 15) is 14.0 Å². The number of aromatic nitrogens is 2. The summed E-state index contributed by atoms with van der Waals surface area (Å²) < 4.78 is 15.9. The third-order valence-corrected chi connectivity index (χ3v) is 4.76. The molecule has 2 heterocycles. The first-order chi connectivity index (χ1) is 13.1. The van der Waals surface area contributed by atoms with Gasteiger partial charge in [0.15, 0.2) is 0 Å². The van der Waals surface area contributed by atoms with Crippen LogP contribution < -0.4 is 10.6 Å². The van der Waals surface area contributed by atoms with Crippen molar-refractivity contribution in [1.82, 2.24) is 25.1 Å². The Hall–Kier alpha value is -2.74. The Morgan fingerprint density at radius 2 is 2.22 bits per heavy atom. The number of piperazine rings is 1. The van der Waals surface area contributed by atoms with E-state index in [4.69, 9.17) is 0 Å². The second kappa shape index (κ2) is 8.77. The lowest BCUT2D eigenvalue weighted by Crippen LogP contribution is -2.56. The second-order valence-electron chi connectivity index (χ2n) is 6.52. The molecule has 7 nitrogen and oxygen atoms in total. The van der Waals surface area contributed by atoms with Gasteiger partial charge < -0.3 is 15.2 Å². The van der Waals surface area contributed by atoms with Crippen molar-refractivity contribution in [2.75, 3.05) is 13.1 Å². The van der Waals surface area contributed by atoms with Gasteiger partial charge in [0.1, 0.15) is 5.82 Å². The summed E-state index contributed by atoms with van der Waals surface area (Å²) in [5, 5.41) is 5.63. The average molecular weight is 373 g/mol. The van der Waals surface area contributed by atoms with Gasteiger partial charge in [-0.25, -0.2) is 9.37 Å². The minimum absolute atomic E-state index is 0.0283. The molecule has 0 spiro atoms. The van der Waals surface area contributed by atoms with Gasteiger partial charge in [-0.2, -0.15) is 0 Å². The molecule has 1 saturated heterocycles. The lowest BCUT2D eigenvalue weighted by atomic mass is 10.1. The van der Waals surface area contributed by atoms with E-state index in [2.05, 4.69) is 15.6 Å². The summed E-state index contributed by atoms with van der Waals surface area (Å²) in [7, 11) is 0. The molecular formula is C19H24FN5O2. The Labute approximate surface area is 157 Å². The lowest BCUT2D eigenvalue weighted by molar-refractivity contribution is -0.134. The Morgan fingerprint density at radius 3 is 3.00 bits per heavy atom. The molecule has 1 aliphatic heterocycles. The zero-order valence-corrected chi connectivity index (χ0v) is 15.3. The van der Waals surface area contributed by atoms with Crippen LogP contribution in [0.4, 0.5) is 4.39 Å². The predicted octanol–water partition coefficient (Wildman–Crippen LogP) is 1.05. The van der Waals surface area contributed by atoms with Crippen molar-refractivity contribution in [3.63, 3.8) is 0 Å². The van der Waals surface area contributed by atoms with Crippen LogP contribution in [0, 0.1) is 5.82 Å². The van der Waals surface area contributed by atoms with Gasteiger partial charge in [-0.05, 0) is 13.0 Å². The zero-order valence-electron chi connectivity index (χ0n) is 15.3. The maximum absolute atomic E-state index is 14.0. The predicted molar refractivity (Wildman–Crippen MR) is 98.0 cm³/mol. The summed E-state index contributed by atoms with van der Waals surface area (Å²) in [5.74, 6) is -0.731. The van der Waals surface area contributed by atoms with Crippen LogP contribution in [0.15, 0.2) is 36.8 Å². The number of amides is 2. The van der Waals surface area contributed by atoms with Gasteiger partial charge in [0, 0.05) is 37.9 Å². The third kappa shape index (κ3) is 4.71. The number of hydrogen-bond donors (Lipinski definition) is 2. The monoisotopic (exact) mass is 373 g/mol. The zero-order chi connectivity index (χ0) is 19.2. The van der Waals surface area contributed by atoms with Crippen molar-refractivity contribution >= 4 is 11.8 Å². The van der Waals surface area contributed by atoms with E-state index in [1.165, 1.54) is 6.07 Å². The van der Waals surface area contributed by atoms with Crippen LogP contribution in [0.2, 0.25) is 0 Å². The van der Waals surface area contributed by atoms with Crippen LogP contribution in [0.3, 0.4) is 0 Å². The number of nitrogens with zero attached hydrogens (tertiary/aromatic N) is 3. The summed E-state index contributed by atoms with van der Waals surface area (Å²) in [6, 6.07) is 5.88. The van der Waals surface area contributed by atoms with Gasteiger partial charge in [0.2, 0.25) is 11.8 Å². The normalized spacial score (nSPS) is 17.6. The van der Waals surface area contributed by atoms with E-state index in [1.54, 1.807) is 30.7 Å². The van der Waals surface area contributed by atoms with Crippen molar-refractivity contribution in [2.45, 2.75) is 39.0 Å². The standard InChI is InChI=1S/C19H24FN5O2/c1-2-24-13-21-10-15(24)11-23-18(26)9-17-19(27)22-7-8-25(17)12-14-5-3-4-6-16(14)20/h3-6,10,13,17H,2,7-9,11-12H2,1H3,(H,22,27)(H,23,26)/t17-/m1/s1. The van der Waals surface area contributed by atoms with Crippen LogP contribution >= 0.6 is 0 Å². The van der Waals surface area contributed by atoms with Crippen LogP contribution in [-0.2, 0) is 29.2 Å². The lowest BCUT2D eigenvalue weighted by Gasteiger charge is -2.34. The average Bonchev–Trinajstić information content (AvgIpc) is 3.12. The number of nitrogens with one attached hydrogen (secondary N) is 2. The van der Waals surface area contributed by atoms with E-state index >= 15 is 0 Å². The molecule has 1 atom stereocenters. The Morgan fingerprint density at radius 1 is 1.41 bits per heavy atom. The van der Waals surface area contributed by atoms with Crippen molar-refractivity contribution in [1.29, 1.82) is 0 Å². The Balaban J connectivity index is 1.62. The first kappa shape index (κ1) is 19.0. The minimum Gasteiger partial charge on any atom is -0.353 e. The number of rotatable bonds is 7. The number of halogens is 1. The molecule has 3 rings (SSSR count). The van der Waals surface area contributed by atoms with E-state index in [0.717, 1.165) is 12.2 Å². The van der Waals surface area contributed by atoms with Crippen LogP contribution in [0.5, 0.6) is 0 Å². The molecule has 0 saturated carbocycles. The van der Waals surface area contributed by atoms with Gasteiger partial charge in [0.25, 0.3) is 0 Å². The van der Waals surface area contributed by atoms with Crippen molar-refractivity contribution in [2.24, 2.45) is 0 Å². The highest BCUT2D eigenvalue weighted by molar-refractivity contribution is 5.88. The maximum Gasteiger partial charge on any atom is 0.237 e. The molecule has 0 unspecified atom stereocenters. The van der Waals surface area contributed by atoms with Gasteiger partial charge in [0.05, 0.1) is 31.0 Å². The van der Waals surface area contributed by atoms with E-state index in [1.807, 2.05) is 16.4 Å². The fraction of sp³-hybridized carbons (Fsp3) is 0.421. The largest absolute Gasteiger partial charge is 0.353 e. The van der Waals surface area contributed by atoms with Crippen LogP contribution in [-0.4, -0.2) is 45.4 Å². The number of benzene rings is 1. The third-order valence-electron chi connectivity index (χ3n) is 4.76. The highest BCUT2D eigenvalue weighted by atomic mass is 19.1. The molecular weight excluding hydrogens is 349 g/mol. The summed E-state index contributed by atoms with van der Waals surface area (Å²) in [4.78, 5) is 30.6. The molecule has 2 N–H and O–H groups in total. The fourth-order valence-corrected chi connectivity index (χ4v) is 3.24. The fourth-order valence-electron chi connectivity index (χ4n) is 3.24. The number of aryl methyl sites for hydroxylation is 1. The molecule has 0 bridgehead atoms. The van der Waals surface area contributed by atoms with E-state index in [-0.39, 0.29) is 24.1 Å². The molecule has 2 amide bonds. The summed E-state index contributed by atoms with van der Waals surface area (Å²) in [5.41, 5.74) is 1.42. The highest BCUT2D eigenvalue weighted by Crippen LogP contribution is 2.16. The van der Waals surface area contributed by atoms with E-state index in [0.29, 0.717) is 31.7 Å². The number of carbonyl (C=O) groups is 2. The van der Waals surface area contributed by atoms with Gasteiger partial charge >= 0.3 is 0 Å². The quantitative estimate of drug-likeness (QED) is 0.760. The molecule has 1 aromatic heterocycles. The molecule has 144 valence electrons. The van der Waals surface area contributed by atoms with Gasteiger partial charge in [-0.1, -0.05) is 18.2 Å². The van der Waals surface area contributed by atoms with Crippen LogP contribution in [0.25, 0.3) is 0 Å². The number of carbonyl (C=O) groups excluding carboxylic acids is 2. The molecule has 27 heavy (non-hydrogen) atoms. The summed E-state index contributed by atoms with van der Waals surface area (Å²) in [6.45, 7) is 4.48. The smallest absolute Gasteiger partial charge is 0.237 e. The molecule has 2 aromatic rings. The number of hydrogen-bond acceptors (Lipinski definition) is 4.